The summed E-state index contributed by atoms with van der Waals surface area (Å²) >= 11 is 0. The molecule has 1 amide bonds. The van der Waals surface area contributed by atoms with Crippen molar-refractivity contribution in [2.75, 3.05) is 18.4 Å². The van der Waals surface area contributed by atoms with Gasteiger partial charge in [-0.3, -0.25) is 9.78 Å². The van der Waals surface area contributed by atoms with E-state index in [9.17, 15) is 4.79 Å². The fraction of sp³-hybridized carbons (Fsp3) is 0.333. The highest BCUT2D eigenvalue weighted by molar-refractivity contribution is 5.90. The van der Waals surface area contributed by atoms with Gasteiger partial charge >= 0.3 is 0 Å². The van der Waals surface area contributed by atoms with Crippen molar-refractivity contribution in [2.24, 2.45) is 0 Å². The van der Waals surface area contributed by atoms with Crippen LogP contribution >= 0.6 is 0 Å². The van der Waals surface area contributed by atoms with Crippen LogP contribution in [0.3, 0.4) is 0 Å². The summed E-state index contributed by atoms with van der Waals surface area (Å²) < 4.78 is 0. The summed E-state index contributed by atoms with van der Waals surface area (Å²) in [6, 6.07) is 9.24. The number of nitrogens with one attached hydrogen (secondary N) is 2. The average molecular weight is 283 g/mol. The molecule has 1 aliphatic rings. The molecule has 3 rings (SSSR count). The van der Waals surface area contributed by atoms with Crippen LogP contribution in [0.4, 0.5) is 5.82 Å². The van der Waals surface area contributed by atoms with Gasteiger partial charge in [0.2, 0.25) is 5.91 Å². The molecular weight excluding hydrogens is 266 g/mol. The Morgan fingerprint density at radius 1 is 1.29 bits per heavy atom. The van der Waals surface area contributed by atoms with Crippen LogP contribution in [0.5, 0.6) is 0 Å². The predicted octanol–water partition coefficient (Wildman–Crippen LogP) is 1.13. The van der Waals surface area contributed by atoms with Gasteiger partial charge in [0.15, 0.2) is 5.82 Å². The Labute approximate surface area is 123 Å². The molecule has 0 bridgehead atoms. The highest BCUT2D eigenvalue weighted by Gasteiger charge is 2.18. The van der Waals surface area contributed by atoms with Crippen molar-refractivity contribution in [2.45, 2.75) is 18.8 Å². The maximum absolute atomic E-state index is 11.9. The molecule has 1 fully saturated rings. The summed E-state index contributed by atoms with van der Waals surface area (Å²) in [5, 5.41) is 14.3. The number of hydrogen-bond donors (Lipinski definition) is 2. The minimum Gasteiger partial charge on any atom is -0.316 e. The molecule has 21 heavy (non-hydrogen) atoms. The van der Waals surface area contributed by atoms with Gasteiger partial charge in [-0.15, -0.1) is 5.10 Å². The third-order valence-electron chi connectivity index (χ3n) is 3.50. The normalized spacial score (nSPS) is 17.6. The molecule has 0 aromatic carbocycles. The standard InChI is InChI=1S/C15H17N5O/c21-15(9-12-3-1-2-7-17-12)18-14-5-4-13(19-20-14)11-6-8-16-10-11/h1-5,7,11,16H,6,8-10H2,(H,18,20,21)/t11-/m1/s1. The average Bonchev–Trinajstić information content (AvgIpc) is 3.03. The number of nitrogens with zero attached hydrogens (tertiary/aromatic N) is 3. The van der Waals surface area contributed by atoms with Crippen molar-refractivity contribution in [3.05, 3.63) is 47.9 Å². The topological polar surface area (TPSA) is 79.8 Å². The van der Waals surface area contributed by atoms with E-state index >= 15 is 0 Å². The van der Waals surface area contributed by atoms with Gasteiger partial charge in [-0.05, 0) is 37.2 Å². The molecule has 6 nitrogen and oxygen atoms in total. The van der Waals surface area contributed by atoms with Crippen LogP contribution in [0.2, 0.25) is 0 Å². The molecule has 1 saturated heterocycles. The fourth-order valence-electron chi connectivity index (χ4n) is 2.39. The van der Waals surface area contributed by atoms with E-state index in [-0.39, 0.29) is 12.3 Å². The SMILES string of the molecule is O=C(Cc1ccccn1)Nc1ccc([C@@H]2CCNC2)nn1. The van der Waals surface area contributed by atoms with E-state index < -0.39 is 0 Å². The molecule has 2 N–H and O–H groups in total. The van der Waals surface area contributed by atoms with Crippen LogP contribution in [0.15, 0.2) is 36.5 Å². The van der Waals surface area contributed by atoms with Crippen LogP contribution in [0.1, 0.15) is 23.7 Å². The molecule has 2 aromatic heterocycles. The van der Waals surface area contributed by atoms with Crippen LogP contribution in [-0.4, -0.2) is 34.2 Å². The van der Waals surface area contributed by atoms with Crippen LogP contribution in [-0.2, 0) is 11.2 Å². The smallest absolute Gasteiger partial charge is 0.231 e. The molecule has 0 saturated carbocycles. The monoisotopic (exact) mass is 283 g/mol. The Hall–Kier alpha value is -2.34. The summed E-state index contributed by atoms with van der Waals surface area (Å²) in [5.41, 5.74) is 1.71. The van der Waals surface area contributed by atoms with Crippen molar-refractivity contribution in [3.63, 3.8) is 0 Å². The van der Waals surface area contributed by atoms with Crippen molar-refractivity contribution in [1.82, 2.24) is 20.5 Å². The fourth-order valence-corrected chi connectivity index (χ4v) is 2.39. The lowest BCUT2D eigenvalue weighted by molar-refractivity contribution is -0.115. The maximum Gasteiger partial charge on any atom is 0.231 e. The van der Waals surface area contributed by atoms with Crippen molar-refractivity contribution in [1.29, 1.82) is 0 Å². The second kappa shape index (κ2) is 6.41. The van der Waals surface area contributed by atoms with E-state index in [0.29, 0.717) is 11.7 Å². The molecular formula is C15H17N5O. The van der Waals surface area contributed by atoms with E-state index in [1.54, 1.807) is 12.3 Å². The first-order valence-corrected chi connectivity index (χ1v) is 7.05. The van der Waals surface area contributed by atoms with Gasteiger partial charge in [0.05, 0.1) is 12.1 Å². The van der Waals surface area contributed by atoms with Crippen molar-refractivity contribution in [3.8, 4) is 0 Å². The number of aromatic nitrogens is 3. The summed E-state index contributed by atoms with van der Waals surface area (Å²) in [7, 11) is 0. The molecule has 0 radical (unpaired) electrons. The number of pyridine rings is 1. The quantitative estimate of drug-likeness (QED) is 0.879. The Morgan fingerprint density at radius 2 is 2.24 bits per heavy atom. The largest absolute Gasteiger partial charge is 0.316 e. The highest BCUT2D eigenvalue weighted by atomic mass is 16.1. The number of amides is 1. The zero-order chi connectivity index (χ0) is 14.5. The Kier molecular flexibility index (Phi) is 4.16. The third kappa shape index (κ3) is 3.61. The van der Waals surface area contributed by atoms with Crippen LogP contribution < -0.4 is 10.6 Å². The number of rotatable bonds is 4. The Bertz CT molecular complexity index is 593. The van der Waals surface area contributed by atoms with Gasteiger partial charge in [0.1, 0.15) is 0 Å². The third-order valence-corrected chi connectivity index (χ3v) is 3.50. The van der Waals surface area contributed by atoms with Gasteiger partial charge in [-0.2, -0.15) is 5.10 Å². The summed E-state index contributed by atoms with van der Waals surface area (Å²) in [4.78, 5) is 16.0. The zero-order valence-corrected chi connectivity index (χ0v) is 11.6. The number of hydrogen-bond acceptors (Lipinski definition) is 5. The highest BCUT2D eigenvalue weighted by Crippen LogP contribution is 2.20. The molecule has 108 valence electrons. The van der Waals surface area contributed by atoms with E-state index in [1.165, 1.54) is 0 Å². The minimum absolute atomic E-state index is 0.140. The summed E-state index contributed by atoms with van der Waals surface area (Å²) in [6.07, 6.45) is 2.99. The molecule has 1 aliphatic heterocycles. The van der Waals surface area contributed by atoms with Crippen molar-refractivity contribution < 1.29 is 4.79 Å². The molecule has 2 aromatic rings. The zero-order valence-electron chi connectivity index (χ0n) is 11.6. The number of carbonyl (C=O) groups excluding carboxylic acids is 1. The Balaban J connectivity index is 1.58. The lowest BCUT2D eigenvalue weighted by Crippen LogP contribution is -2.17. The first kappa shape index (κ1) is 13.6. The molecule has 0 unspecified atom stereocenters. The molecule has 6 heteroatoms. The molecule has 0 aliphatic carbocycles. The first-order valence-electron chi connectivity index (χ1n) is 7.05. The van der Waals surface area contributed by atoms with Gasteiger partial charge < -0.3 is 10.6 Å². The summed E-state index contributed by atoms with van der Waals surface area (Å²) in [5.74, 6) is 0.764. The lowest BCUT2D eigenvalue weighted by Gasteiger charge is -2.08. The van der Waals surface area contributed by atoms with E-state index in [2.05, 4.69) is 25.8 Å². The lowest BCUT2D eigenvalue weighted by atomic mass is 10.1. The van der Waals surface area contributed by atoms with Gasteiger partial charge in [-0.1, -0.05) is 6.07 Å². The predicted molar refractivity (Wildman–Crippen MR) is 78.8 cm³/mol. The van der Waals surface area contributed by atoms with Crippen molar-refractivity contribution >= 4 is 11.7 Å². The molecule has 0 spiro atoms. The molecule has 1 atom stereocenters. The van der Waals surface area contributed by atoms with Gasteiger partial charge in [0, 0.05) is 24.4 Å². The second-order valence-electron chi connectivity index (χ2n) is 5.08. The maximum atomic E-state index is 11.9. The number of carbonyl (C=O) groups is 1. The van der Waals surface area contributed by atoms with Gasteiger partial charge in [-0.25, -0.2) is 0 Å². The number of anilines is 1. The summed E-state index contributed by atoms with van der Waals surface area (Å²) in [6.45, 7) is 1.97. The van der Waals surface area contributed by atoms with E-state index in [1.807, 2.05) is 24.3 Å². The Morgan fingerprint density at radius 3 is 2.90 bits per heavy atom. The second-order valence-corrected chi connectivity index (χ2v) is 5.08. The van der Waals surface area contributed by atoms with Gasteiger partial charge in [0.25, 0.3) is 0 Å². The first-order chi connectivity index (χ1) is 10.3. The minimum atomic E-state index is -0.140. The molecule has 3 heterocycles. The van der Waals surface area contributed by atoms with E-state index in [0.717, 1.165) is 30.9 Å². The van der Waals surface area contributed by atoms with Crippen LogP contribution in [0, 0.1) is 0 Å². The van der Waals surface area contributed by atoms with Crippen LogP contribution in [0.25, 0.3) is 0 Å². The van der Waals surface area contributed by atoms with E-state index in [4.69, 9.17) is 0 Å².